The Morgan fingerprint density at radius 1 is 1.21 bits per heavy atom. The Morgan fingerprint density at radius 3 is 2.38 bits per heavy atom. The first-order chi connectivity index (χ1) is 11.0. The molecule has 0 aliphatic rings. The van der Waals surface area contributed by atoms with E-state index in [1.165, 1.54) is 17.4 Å². The number of rotatable bonds is 4. The quantitative estimate of drug-likeness (QED) is 0.878. The molecule has 0 unspecified atom stereocenters. The van der Waals surface area contributed by atoms with Crippen LogP contribution in [0.2, 0.25) is 0 Å². The summed E-state index contributed by atoms with van der Waals surface area (Å²) in [6.45, 7) is 12.3. The molecule has 5 heteroatoms. The maximum Gasteiger partial charge on any atom is 0.263 e. The Hall–Kier alpha value is -1.75. The highest BCUT2D eigenvalue weighted by Crippen LogP contribution is 2.29. The molecule has 0 spiro atoms. The van der Waals surface area contributed by atoms with Crippen molar-refractivity contribution in [2.75, 3.05) is 6.54 Å². The second-order valence-corrected chi connectivity index (χ2v) is 8.73. The summed E-state index contributed by atoms with van der Waals surface area (Å²) >= 11 is 1.43. The first-order valence-corrected chi connectivity index (χ1v) is 8.85. The molecule has 0 radical (unpaired) electrons. The number of thiazole rings is 1. The van der Waals surface area contributed by atoms with E-state index in [9.17, 15) is 9.18 Å². The second kappa shape index (κ2) is 6.63. The molecule has 2 aromatic rings. The van der Waals surface area contributed by atoms with E-state index in [0.717, 1.165) is 10.7 Å². The maximum atomic E-state index is 14.0. The number of hydrogen-bond acceptors (Lipinski definition) is 3. The molecule has 1 amide bonds. The zero-order valence-corrected chi connectivity index (χ0v) is 16.0. The molecule has 0 atom stereocenters. The Bertz CT molecular complexity index is 744. The molecule has 0 aliphatic heterocycles. The molecule has 1 N–H and O–H groups in total. The van der Waals surface area contributed by atoms with Gasteiger partial charge in [-0.15, -0.1) is 11.3 Å². The second-order valence-electron chi connectivity index (χ2n) is 7.73. The fourth-order valence-electron chi connectivity index (χ4n) is 2.41. The first kappa shape index (κ1) is 18.6. The van der Waals surface area contributed by atoms with Crippen molar-refractivity contribution in [2.24, 2.45) is 0 Å². The van der Waals surface area contributed by atoms with Gasteiger partial charge in [0.2, 0.25) is 0 Å². The Labute approximate surface area is 147 Å². The number of carbonyl (C=O) groups excluding carboxylic acids is 1. The molecule has 24 heavy (non-hydrogen) atoms. The highest BCUT2D eigenvalue weighted by molar-refractivity contribution is 7.14. The summed E-state index contributed by atoms with van der Waals surface area (Å²) < 4.78 is 14.0. The van der Waals surface area contributed by atoms with Crippen molar-refractivity contribution in [3.63, 3.8) is 0 Å². The molecule has 1 aromatic carbocycles. The van der Waals surface area contributed by atoms with E-state index >= 15 is 0 Å². The number of benzene rings is 1. The van der Waals surface area contributed by atoms with Crippen LogP contribution in [0.1, 0.15) is 60.6 Å². The van der Waals surface area contributed by atoms with Gasteiger partial charge in [0.1, 0.15) is 10.7 Å². The van der Waals surface area contributed by atoms with Crippen LogP contribution in [0.3, 0.4) is 0 Å². The number of nitrogens with one attached hydrogen (secondary N) is 1. The van der Waals surface area contributed by atoms with Crippen LogP contribution in [0.5, 0.6) is 0 Å². The molecule has 0 saturated carbocycles. The molecule has 0 bridgehead atoms. The van der Waals surface area contributed by atoms with E-state index in [-0.39, 0.29) is 17.1 Å². The van der Waals surface area contributed by atoms with E-state index < -0.39 is 5.41 Å². The predicted molar refractivity (Wildman–Crippen MR) is 97.3 cm³/mol. The molecule has 3 nitrogen and oxygen atoms in total. The zero-order chi connectivity index (χ0) is 18.1. The van der Waals surface area contributed by atoms with Gasteiger partial charge in [0.15, 0.2) is 0 Å². The molecule has 0 fully saturated rings. The van der Waals surface area contributed by atoms with Crippen LogP contribution in [-0.4, -0.2) is 17.4 Å². The summed E-state index contributed by atoms with van der Waals surface area (Å²) in [5.74, 6) is -0.398. The average Bonchev–Trinajstić information content (AvgIpc) is 2.87. The van der Waals surface area contributed by atoms with Crippen molar-refractivity contribution in [2.45, 2.75) is 52.4 Å². The Kier molecular flexibility index (Phi) is 5.14. The smallest absolute Gasteiger partial charge is 0.263 e. The fourth-order valence-corrected chi connectivity index (χ4v) is 3.46. The van der Waals surface area contributed by atoms with Gasteiger partial charge in [-0.1, -0.05) is 52.8 Å². The number of halogens is 1. The standard InChI is InChI=1S/C19H25FN2OS/c1-12-15(24-17(22-12)18(2,3)4)16(23)21-11-19(5,6)13-9-7-8-10-14(13)20/h7-10H,11H2,1-6H3,(H,21,23). The van der Waals surface area contributed by atoms with E-state index in [0.29, 0.717) is 17.0 Å². The average molecular weight is 348 g/mol. The van der Waals surface area contributed by atoms with Gasteiger partial charge in [-0.3, -0.25) is 4.79 Å². The third kappa shape index (κ3) is 4.01. The minimum atomic E-state index is -0.494. The van der Waals surface area contributed by atoms with Gasteiger partial charge in [0.05, 0.1) is 10.7 Å². The molecule has 130 valence electrons. The third-order valence-corrected chi connectivity index (χ3v) is 5.52. The van der Waals surface area contributed by atoms with Gasteiger partial charge < -0.3 is 5.32 Å². The number of aryl methyl sites for hydroxylation is 1. The van der Waals surface area contributed by atoms with Crippen LogP contribution in [-0.2, 0) is 10.8 Å². The van der Waals surface area contributed by atoms with E-state index in [2.05, 4.69) is 31.1 Å². The van der Waals surface area contributed by atoms with Crippen molar-refractivity contribution < 1.29 is 9.18 Å². The zero-order valence-electron chi connectivity index (χ0n) is 15.2. The van der Waals surface area contributed by atoms with Crippen molar-refractivity contribution in [3.8, 4) is 0 Å². The Balaban J connectivity index is 2.14. The number of hydrogen-bond donors (Lipinski definition) is 1. The summed E-state index contributed by atoms with van der Waals surface area (Å²) in [7, 11) is 0. The highest BCUT2D eigenvalue weighted by atomic mass is 32.1. The lowest BCUT2D eigenvalue weighted by Crippen LogP contribution is -2.37. The number of carbonyl (C=O) groups is 1. The van der Waals surface area contributed by atoms with Gasteiger partial charge in [-0.25, -0.2) is 9.37 Å². The normalized spacial score (nSPS) is 12.3. The highest BCUT2D eigenvalue weighted by Gasteiger charge is 2.27. The monoisotopic (exact) mass is 348 g/mol. The molecule has 0 aliphatic carbocycles. The number of nitrogens with zero attached hydrogens (tertiary/aromatic N) is 1. The third-order valence-electron chi connectivity index (χ3n) is 3.94. The topological polar surface area (TPSA) is 42.0 Å². The van der Waals surface area contributed by atoms with Crippen molar-refractivity contribution in [1.29, 1.82) is 0 Å². The largest absolute Gasteiger partial charge is 0.350 e. The van der Waals surface area contributed by atoms with E-state index in [1.54, 1.807) is 12.1 Å². The maximum absolute atomic E-state index is 14.0. The van der Waals surface area contributed by atoms with Crippen molar-refractivity contribution in [1.82, 2.24) is 10.3 Å². The SMILES string of the molecule is Cc1nc(C(C)(C)C)sc1C(=O)NCC(C)(C)c1ccccc1F. The van der Waals surface area contributed by atoms with E-state index in [1.807, 2.05) is 26.8 Å². The lowest BCUT2D eigenvalue weighted by Gasteiger charge is -2.26. The van der Waals surface area contributed by atoms with Crippen LogP contribution >= 0.6 is 11.3 Å². The van der Waals surface area contributed by atoms with Crippen LogP contribution < -0.4 is 5.32 Å². The van der Waals surface area contributed by atoms with Crippen molar-refractivity contribution >= 4 is 17.2 Å². The first-order valence-electron chi connectivity index (χ1n) is 8.03. The van der Waals surface area contributed by atoms with Crippen LogP contribution in [0.15, 0.2) is 24.3 Å². The fraction of sp³-hybridized carbons (Fsp3) is 0.474. The van der Waals surface area contributed by atoms with Crippen LogP contribution in [0.25, 0.3) is 0 Å². The summed E-state index contributed by atoms with van der Waals surface area (Å²) in [4.78, 5) is 17.7. The summed E-state index contributed by atoms with van der Waals surface area (Å²) in [5, 5.41) is 3.88. The van der Waals surface area contributed by atoms with Crippen molar-refractivity contribution in [3.05, 3.63) is 51.2 Å². The minimum absolute atomic E-state index is 0.0829. The van der Waals surface area contributed by atoms with Crippen LogP contribution in [0.4, 0.5) is 4.39 Å². The number of aromatic nitrogens is 1. The summed E-state index contributed by atoms with van der Waals surface area (Å²) in [6.07, 6.45) is 0. The Morgan fingerprint density at radius 2 is 1.83 bits per heavy atom. The van der Waals surface area contributed by atoms with Gasteiger partial charge in [0.25, 0.3) is 5.91 Å². The minimum Gasteiger partial charge on any atom is -0.350 e. The van der Waals surface area contributed by atoms with Gasteiger partial charge in [-0.05, 0) is 18.6 Å². The lowest BCUT2D eigenvalue weighted by atomic mass is 9.84. The van der Waals surface area contributed by atoms with Crippen LogP contribution in [0, 0.1) is 12.7 Å². The summed E-state index contributed by atoms with van der Waals surface area (Å²) in [6, 6.07) is 6.69. The van der Waals surface area contributed by atoms with Gasteiger partial charge in [0, 0.05) is 17.4 Å². The number of amides is 1. The molecule has 0 saturated heterocycles. The van der Waals surface area contributed by atoms with Gasteiger partial charge in [-0.2, -0.15) is 0 Å². The summed E-state index contributed by atoms with van der Waals surface area (Å²) in [5.41, 5.74) is 0.764. The molecular formula is C19H25FN2OS. The molecule has 1 aromatic heterocycles. The van der Waals surface area contributed by atoms with E-state index in [4.69, 9.17) is 0 Å². The molecular weight excluding hydrogens is 323 g/mol. The lowest BCUT2D eigenvalue weighted by molar-refractivity contribution is 0.0948. The van der Waals surface area contributed by atoms with Gasteiger partial charge >= 0.3 is 0 Å². The predicted octanol–water partition coefficient (Wildman–Crippen LogP) is 4.60. The molecule has 1 heterocycles. The molecule has 2 rings (SSSR count).